The Morgan fingerprint density at radius 2 is 1.67 bits per heavy atom. The number of amides is 1. The minimum Gasteiger partial charge on any atom is -0.380 e. The average Bonchev–Trinajstić information content (AvgIpc) is 2.68. The molecule has 4 heteroatoms. The smallest absolute Gasteiger partial charge is 0.257 e. The lowest BCUT2D eigenvalue weighted by atomic mass is 10.0. The third kappa shape index (κ3) is 5.17. The van der Waals surface area contributed by atoms with Crippen LogP contribution in [0, 0.1) is 6.92 Å². The molecule has 0 aliphatic heterocycles. The third-order valence-electron chi connectivity index (χ3n) is 4.45. The molecule has 0 fully saturated rings. The summed E-state index contributed by atoms with van der Waals surface area (Å²) in [7, 11) is 0. The summed E-state index contributed by atoms with van der Waals surface area (Å²) in [6.07, 6.45) is 3.30. The molecule has 2 aromatic carbocycles. The first kappa shape index (κ1) is 18.6. The molecule has 0 spiro atoms. The van der Waals surface area contributed by atoms with Crippen molar-refractivity contribution in [2.24, 2.45) is 0 Å². The van der Waals surface area contributed by atoms with Gasteiger partial charge in [0.2, 0.25) is 0 Å². The van der Waals surface area contributed by atoms with Gasteiger partial charge in [0.15, 0.2) is 0 Å². The van der Waals surface area contributed by atoms with Crippen LogP contribution in [0.3, 0.4) is 0 Å². The Bertz CT molecular complexity index is 900. The molecule has 0 unspecified atom stereocenters. The van der Waals surface area contributed by atoms with Crippen LogP contribution in [0.5, 0.6) is 0 Å². The van der Waals surface area contributed by atoms with E-state index in [4.69, 9.17) is 0 Å². The maximum atomic E-state index is 12.5. The molecule has 0 aliphatic rings. The number of carbonyl (C=O) groups is 1. The summed E-state index contributed by atoms with van der Waals surface area (Å²) < 4.78 is 0. The Morgan fingerprint density at radius 1 is 0.963 bits per heavy atom. The molecule has 138 valence electrons. The average molecular weight is 359 g/mol. The van der Waals surface area contributed by atoms with Gasteiger partial charge >= 0.3 is 0 Å². The maximum Gasteiger partial charge on any atom is 0.257 e. The van der Waals surface area contributed by atoms with Crippen LogP contribution in [0.4, 0.5) is 11.4 Å². The van der Waals surface area contributed by atoms with Crippen molar-refractivity contribution >= 4 is 17.3 Å². The molecule has 0 saturated carbocycles. The predicted octanol–water partition coefficient (Wildman–Crippen LogP) is 5.38. The normalized spacial score (nSPS) is 10.7. The lowest BCUT2D eigenvalue weighted by molar-refractivity contribution is 0.102. The van der Waals surface area contributed by atoms with E-state index in [0.29, 0.717) is 18.0 Å². The van der Waals surface area contributed by atoms with Crippen molar-refractivity contribution in [1.82, 2.24) is 4.98 Å². The van der Waals surface area contributed by atoms with Gasteiger partial charge in [-0.3, -0.25) is 9.78 Å². The Labute approximate surface area is 160 Å². The minimum atomic E-state index is -0.168. The molecule has 0 bridgehead atoms. The van der Waals surface area contributed by atoms with E-state index in [1.54, 1.807) is 12.4 Å². The molecule has 0 saturated heterocycles. The monoisotopic (exact) mass is 359 g/mol. The zero-order chi connectivity index (χ0) is 19.2. The molecule has 2 N–H and O–H groups in total. The van der Waals surface area contributed by atoms with Gasteiger partial charge in [0.05, 0.1) is 11.3 Å². The summed E-state index contributed by atoms with van der Waals surface area (Å²) in [6, 6.07) is 18.1. The second-order valence-corrected chi connectivity index (χ2v) is 7.03. The quantitative estimate of drug-likeness (QED) is 0.621. The van der Waals surface area contributed by atoms with Crippen LogP contribution >= 0.6 is 0 Å². The Hall–Kier alpha value is -3.14. The molecule has 0 radical (unpaired) electrons. The number of carbonyl (C=O) groups excluding carboxylic acids is 1. The highest BCUT2D eigenvalue weighted by atomic mass is 16.1. The number of hydrogen-bond donors (Lipinski definition) is 2. The zero-order valence-corrected chi connectivity index (χ0v) is 16.0. The summed E-state index contributed by atoms with van der Waals surface area (Å²) in [5.41, 5.74) is 5.79. The van der Waals surface area contributed by atoms with Gasteiger partial charge in [-0.25, -0.2) is 0 Å². The number of rotatable bonds is 6. The van der Waals surface area contributed by atoms with Crippen LogP contribution in [0.2, 0.25) is 0 Å². The molecule has 1 aromatic heterocycles. The number of pyridine rings is 1. The first-order valence-electron chi connectivity index (χ1n) is 9.17. The standard InChI is InChI=1S/C23H25N3O/c1-16(2)19-8-10-21(11-9-19)26-23(27)20-12-22(15-24-14-20)25-13-18-6-4-17(3)5-7-18/h4-12,14-16,25H,13H2,1-3H3,(H,26,27). The topological polar surface area (TPSA) is 54.0 Å². The van der Waals surface area contributed by atoms with E-state index in [0.717, 1.165) is 11.4 Å². The fraction of sp³-hybridized carbons (Fsp3) is 0.217. The van der Waals surface area contributed by atoms with Crippen molar-refractivity contribution in [3.8, 4) is 0 Å². The number of aryl methyl sites for hydroxylation is 1. The number of benzene rings is 2. The molecular weight excluding hydrogens is 334 g/mol. The first-order chi connectivity index (χ1) is 13.0. The number of nitrogens with zero attached hydrogens (tertiary/aromatic N) is 1. The van der Waals surface area contributed by atoms with E-state index in [1.807, 2.05) is 30.3 Å². The van der Waals surface area contributed by atoms with E-state index in [-0.39, 0.29) is 5.91 Å². The molecule has 0 atom stereocenters. The largest absolute Gasteiger partial charge is 0.380 e. The van der Waals surface area contributed by atoms with Crippen molar-refractivity contribution in [1.29, 1.82) is 0 Å². The van der Waals surface area contributed by atoms with Crippen LogP contribution in [-0.4, -0.2) is 10.9 Å². The summed E-state index contributed by atoms with van der Waals surface area (Å²) in [5, 5.41) is 6.24. The Morgan fingerprint density at radius 3 is 2.33 bits per heavy atom. The highest BCUT2D eigenvalue weighted by Gasteiger charge is 2.08. The van der Waals surface area contributed by atoms with Crippen molar-refractivity contribution in [3.63, 3.8) is 0 Å². The molecule has 4 nitrogen and oxygen atoms in total. The van der Waals surface area contributed by atoms with Crippen molar-refractivity contribution in [3.05, 3.63) is 89.2 Å². The van der Waals surface area contributed by atoms with Gasteiger partial charge in [0.1, 0.15) is 0 Å². The second kappa shape index (κ2) is 8.49. The highest BCUT2D eigenvalue weighted by Crippen LogP contribution is 2.18. The summed E-state index contributed by atoms with van der Waals surface area (Å²) in [5.74, 6) is 0.300. The Kier molecular flexibility index (Phi) is 5.87. The fourth-order valence-electron chi connectivity index (χ4n) is 2.73. The van der Waals surface area contributed by atoms with E-state index < -0.39 is 0 Å². The molecule has 0 aliphatic carbocycles. The molecule has 1 heterocycles. The highest BCUT2D eigenvalue weighted by molar-refractivity contribution is 6.04. The second-order valence-electron chi connectivity index (χ2n) is 7.03. The lowest BCUT2D eigenvalue weighted by Gasteiger charge is -2.10. The summed E-state index contributed by atoms with van der Waals surface area (Å²) in [4.78, 5) is 16.7. The number of anilines is 2. The van der Waals surface area contributed by atoms with Crippen molar-refractivity contribution < 1.29 is 4.79 Å². The van der Waals surface area contributed by atoms with Crippen molar-refractivity contribution in [2.75, 3.05) is 10.6 Å². The van der Waals surface area contributed by atoms with E-state index in [1.165, 1.54) is 16.7 Å². The predicted molar refractivity (Wildman–Crippen MR) is 111 cm³/mol. The number of nitrogens with one attached hydrogen (secondary N) is 2. The molecular formula is C23H25N3O. The number of aromatic nitrogens is 1. The molecule has 27 heavy (non-hydrogen) atoms. The van der Waals surface area contributed by atoms with Gasteiger partial charge in [-0.05, 0) is 42.2 Å². The Balaban J connectivity index is 1.63. The van der Waals surface area contributed by atoms with Gasteiger partial charge in [-0.15, -0.1) is 0 Å². The lowest BCUT2D eigenvalue weighted by Crippen LogP contribution is -2.13. The molecule has 1 amide bonds. The van der Waals surface area contributed by atoms with Gasteiger partial charge in [-0.2, -0.15) is 0 Å². The third-order valence-corrected chi connectivity index (χ3v) is 4.45. The van der Waals surface area contributed by atoms with Crippen molar-refractivity contribution in [2.45, 2.75) is 33.2 Å². The SMILES string of the molecule is Cc1ccc(CNc2cncc(C(=O)Nc3ccc(C(C)C)cc3)c2)cc1. The number of hydrogen-bond acceptors (Lipinski definition) is 3. The zero-order valence-electron chi connectivity index (χ0n) is 16.0. The van der Waals surface area contributed by atoms with E-state index >= 15 is 0 Å². The fourth-order valence-corrected chi connectivity index (χ4v) is 2.73. The van der Waals surface area contributed by atoms with E-state index in [9.17, 15) is 4.79 Å². The molecule has 3 rings (SSSR count). The van der Waals surface area contributed by atoms with Crippen LogP contribution < -0.4 is 10.6 Å². The van der Waals surface area contributed by atoms with Crippen LogP contribution in [-0.2, 0) is 6.54 Å². The van der Waals surface area contributed by atoms with Crippen LogP contribution in [0.25, 0.3) is 0 Å². The van der Waals surface area contributed by atoms with Gasteiger partial charge in [-0.1, -0.05) is 55.8 Å². The minimum absolute atomic E-state index is 0.168. The van der Waals surface area contributed by atoms with Crippen LogP contribution in [0.15, 0.2) is 67.0 Å². The first-order valence-corrected chi connectivity index (χ1v) is 9.17. The van der Waals surface area contributed by atoms with Gasteiger partial charge in [0.25, 0.3) is 5.91 Å². The maximum absolute atomic E-state index is 12.5. The summed E-state index contributed by atoms with van der Waals surface area (Å²) in [6.45, 7) is 7.05. The van der Waals surface area contributed by atoms with Gasteiger partial charge < -0.3 is 10.6 Å². The summed E-state index contributed by atoms with van der Waals surface area (Å²) >= 11 is 0. The van der Waals surface area contributed by atoms with Crippen LogP contribution in [0.1, 0.15) is 46.8 Å². The van der Waals surface area contributed by atoms with Gasteiger partial charge in [0, 0.05) is 24.6 Å². The molecule has 3 aromatic rings. The van der Waals surface area contributed by atoms with E-state index in [2.05, 4.69) is 60.7 Å².